The first kappa shape index (κ1) is 36.7. The minimum absolute atomic E-state index is 0.137. The van der Waals surface area contributed by atoms with E-state index in [4.69, 9.17) is 4.74 Å². The summed E-state index contributed by atoms with van der Waals surface area (Å²) >= 11 is 0. The van der Waals surface area contributed by atoms with Crippen LogP contribution in [0.15, 0.2) is 80.1 Å². The zero-order valence-electron chi connectivity index (χ0n) is 27.7. The van der Waals surface area contributed by atoms with Gasteiger partial charge in [0.2, 0.25) is 0 Å². The number of carbonyl (C=O) groups is 1. The van der Waals surface area contributed by atoms with Crippen molar-refractivity contribution in [2.45, 2.75) is 86.1 Å². The zero-order chi connectivity index (χ0) is 31.7. The molecule has 2 rings (SSSR count). The highest BCUT2D eigenvalue weighted by Gasteiger charge is 2.27. The molecule has 0 radical (unpaired) electrons. The van der Waals surface area contributed by atoms with E-state index in [1.165, 1.54) is 17.5 Å². The van der Waals surface area contributed by atoms with Crippen LogP contribution >= 0.6 is 0 Å². The molecule has 0 aliphatic rings. The summed E-state index contributed by atoms with van der Waals surface area (Å²) in [6.45, 7) is 31.5. The largest absolute Gasteiger partial charge is 0.376 e. The highest BCUT2D eigenvalue weighted by Crippen LogP contribution is 2.35. The van der Waals surface area contributed by atoms with Crippen LogP contribution in [0.4, 0.5) is 11.4 Å². The number of nitrogens with zero attached hydrogens (tertiary/aromatic N) is 1. The van der Waals surface area contributed by atoms with E-state index < -0.39 is 5.54 Å². The van der Waals surface area contributed by atoms with Crippen LogP contribution in [-0.4, -0.2) is 37.7 Å². The number of rotatable bonds is 17. The quantitative estimate of drug-likeness (QED) is 0.146. The molecule has 2 atom stereocenters. The van der Waals surface area contributed by atoms with Crippen LogP contribution in [0.2, 0.25) is 0 Å². The molecule has 0 bridgehead atoms. The highest BCUT2D eigenvalue weighted by molar-refractivity contribution is 5.96. The van der Waals surface area contributed by atoms with Crippen LogP contribution < -0.4 is 15.5 Å². The summed E-state index contributed by atoms with van der Waals surface area (Å²) in [5.41, 5.74) is 5.12. The van der Waals surface area contributed by atoms with Crippen molar-refractivity contribution < 1.29 is 9.53 Å². The van der Waals surface area contributed by atoms with E-state index in [0.29, 0.717) is 36.3 Å². The molecule has 0 aliphatic carbocycles. The molecule has 2 N–H and O–H groups in total. The number of amides is 1. The van der Waals surface area contributed by atoms with Crippen LogP contribution in [-0.2, 0) is 4.74 Å². The predicted molar refractivity (Wildman–Crippen MR) is 184 cm³/mol. The summed E-state index contributed by atoms with van der Waals surface area (Å²) in [6.07, 6.45) is 6.87. The van der Waals surface area contributed by atoms with E-state index in [0.717, 1.165) is 37.3 Å². The number of hydrogen-bond acceptors (Lipinski definition) is 4. The van der Waals surface area contributed by atoms with E-state index in [2.05, 4.69) is 82.9 Å². The van der Waals surface area contributed by atoms with Gasteiger partial charge in [-0.2, -0.15) is 0 Å². The van der Waals surface area contributed by atoms with Crippen molar-refractivity contribution in [1.82, 2.24) is 5.32 Å². The standard InChI is InChI=1S/C34H49N3O2.C3H8/c1-10-13-20-37(21-23-39-22-11-2)32-24-29(16-19-31(32)27(6)26(5)12-3)33(38)36-34(8,9)28(7)35-30-17-14-25(4)15-18-30;1-3-2/h10-11,14-19,24,26-27,35H,1-2,7,12-13,20-23H2,3-6,8-9H3,(H,36,38);3H2,1-2H3. The van der Waals surface area contributed by atoms with Gasteiger partial charge in [-0.25, -0.2) is 0 Å². The first-order valence-corrected chi connectivity index (χ1v) is 15.5. The Kier molecular flexibility index (Phi) is 16.6. The Balaban J connectivity index is 0.00000281. The average Bonchev–Trinajstić information content (AvgIpc) is 2.97. The maximum Gasteiger partial charge on any atom is 0.252 e. The molecular formula is C37H57N3O2. The molecule has 0 saturated heterocycles. The van der Waals surface area contributed by atoms with E-state index in [9.17, 15) is 4.79 Å². The molecule has 2 aromatic carbocycles. The van der Waals surface area contributed by atoms with Gasteiger partial charge in [-0.3, -0.25) is 4.79 Å². The topological polar surface area (TPSA) is 53.6 Å². The lowest BCUT2D eigenvalue weighted by molar-refractivity contribution is 0.0924. The predicted octanol–water partition coefficient (Wildman–Crippen LogP) is 9.28. The fraction of sp³-hybridized carbons (Fsp3) is 0.486. The average molecular weight is 576 g/mol. The number of anilines is 2. The third-order valence-electron chi connectivity index (χ3n) is 7.49. The SMILES string of the molecule is C=CCCN(CCOCC=C)c1cc(C(=O)NC(C)(C)C(=C)Nc2ccc(C)cc2)ccc1C(C)C(C)CC.CCC. The molecule has 0 spiro atoms. The third-order valence-corrected chi connectivity index (χ3v) is 7.49. The Labute approximate surface area is 257 Å². The van der Waals surface area contributed by atoms with Crippen LogP contribution in [0.3, 0.4) is 0 Å². The van der Waals surface area contributed by atoms with E-state index >= 15 is 0 Å². The Morgan fingerprint density at radius 2 is 1.67 bits per heavy atom. The summed E-state index contributed by atoms with van der Waals surface area (Å²) < 4.78 is 5.73. The van der Waals surface area contributed by atoms with Crippen molar-refractivity contribution in [1.29, 1.82) is 0 Å². The van der Waals surface area contributed by atoms with Gasteiger partial charge >= 0.3 is 0 Å². The fourth-order valence-corrected chi connectivity index (χ4v) is 4.34. The summed E-state index contributed by atoms with van der Waals surface area (Å²) in [5.74, 6) is 0.719. The van der Waals surface area contributed by atoms with Crippen molar-refractivity contribution in [3.63, 3.8) is 0 Å². The maximum absolute atomic E-state index is 13.6. The number of benzene rings is 2. The minimum Gasteiger partial charge on any atom is -0.376 e. The number of aryl methyl sites for hydroxylation is 1. The lowest BCUT2D eigenvalue weighted by Gasteiger charge is -2.32. The molecule has 5 nitrogen and oxygen atoms in total. The normalized spacial score (nSPS) is 12.3. The molecule has 0 aromatic heterocycles. The molecule has 42 heavy (non-hydrogen) atoms. The van der Waals surface area contributed by atoms with Crippen molar-refractivity contribution in [2.75, 3.05) is 36.5 Å². The van der Waals surface area contributed by atoms with E-state index in [1.54, 1.807) is 6.08 Å². The first-order chi connectivity index (χ1) is 19.9. The minimum atomic E-state index is -0.675. The van der Waals surface area contributed by atoms with Crippen LogP contribution in [0.5, 0.6) is 0 Å². The number of carbonyl (C=O) groups excluding carboxylic acids is 1. The molecule has 0 saturated carbocycles. The lowest BCUT2D eigenvalue weighted by Crippen LogP contribution is -2.46. The summed E-state index contributed by atoms with van der Waals surface area (Å²) in [6, 6.07) is 14.2. The zero-order valence-corrected chi connectivity index (χ0v) is 27.7. The van der Waals surface area contributed by atoms with Gasteiger partial charge in [-0.1, -0.05) is 90.0 Å². The fourth-order valence-electron chi connectivity index (χ4n) is 4.34. The van der Waals surface area contributed by atoms with Crippen molar-refractivity contribution in [3.8, 4) is 0 Å². The van der Waals surface area contributed by atoms with Crippen molar-refractivity contribution in [2.24, 2.45) is 5.92 Å². The molecule has 0 heterocycles. The smallest absolute Gasteiger partial charge is 0.252 e. The maximum atomic E-state index is 13.6. The van der Waals surface area contributed by atoms with Crippen LogP contribution in [0.25, 0.3) is 0 Å². The Bertz CT molecular complexity index is 1120. The summed E-state index contributed by atoms with van der Waals surface area (Å²) in [7, 11) is 0. The van der Waals surface area contributed by atoms with Crippen molar-refractivity contribution >= 4 is 17.3 Å². The molecule has 2 aromatic rings. The molecule has 232 valence electrons. The van der Waals surface area contributed by atoms with Crippen molar-refractivity contribution in [3.05, 3.63) is 96.7 Å². The van der Waals surface area contributed by atoms with E-state index in [-0.39, 0.29) is 5.91 Å². The first-order valence-electron chi connectivity index (χ1n) is 15.5. The Morgan fingerprint density at radius 3 is 2.24 bits per heavy atom. The Morgan fingerprint density at radius 1 is 1.02 bits per heavy atom. The monoisotopic (exact) mass is 575 g/mol. The molecule has 0 fully saturated rings. The second-order valence-corrected chi connectivity index (χ2v) is 11.6. The lowest BCUT2D eigenvalue weighted by atomic mass is 9.85. The van der Waals surface area contributed by atoms with Gasteiger partial charge in [-0.15, -0.1) is 13.2 Å². The second-order valence-electron chi connectivity index (χ2n) is 11.6. The van der Waals surface area contributed by atoms with E-state index in [1.807, 2.05) is 56.3 Å². The van der Waals surface area contributed by atoms with Gasteiger partial charge in [0.25, 0.3) is 5.91 Å². The Hall–Kier alpha value is -3.31. The summed E-state index contributed by atoms with van der Waals surface area (Å²) in [5, 5.41) is 6.53. The highest BCUT2D eigenvalue weighted by atomic mass is 16.5. The van der Waals surface area contributed by atoms with Gasteiger partial charge in [-0.05, 0) is 68.9 Å². The van der Waals surface area contributed by atoms with Gasteiger partial charge in [0.1, 0.15) is 0 Å². The van der Waals surface area contributed by atoms with Crippen LogP contribution in [0, 0.1) is 12.8 Å². The second kappa shape index (κ2) is 19.0. The van der Waals surface area contributed by atoms with Gasteiger partial charge in [0.05, 0.1) is 18.8 Å². The molecule has 2 unspecified atom stereocenters. The molecule has 0 aliphatic heterocycles. The van der Waals surface area contributed by atoms with Gasteiger partial charge in [0.15, 0.2) is 0 Å². The number of hydrogen-bond donors (Lipinski definition) is 2. The molecular weight excluding hydrogens is 518 g/mol. The number of nitrogens with one attached hydrogen (secondary N) is 2. The molecule has 5 heteroatoms. The third kappa shape index (κ3) is 11.9. The van der Waals surface area contributed by atoms with Crippen LogP contribution in [0.1, 0.15) is 95.1 Å². The number of ether oxygens (including phenoxy) is 1. The summed E-state index contributed by atoms with van der Waals surface area (Å²) in [4.78, 5) is 15.9. The van der Waals surface area contributed by atoms with Gasteiger partial charge in [0, 0.05) is 35.7 Å². The van der Waals surface area contributed by atoms with Gasteiger partial charge < -0.3 is 20.3 Å². The molecule has 1 amide bonds.